The highest BCUT2D eigenvalue weighted by Gasteiger charge is 2.16. The number of hydrogen-bond acceptors (Lipinski definition) is 5. The van der Waals surface area contributed by atoms with E-state index in [-0.39, 0.29) is 22.8 Å². The van der Waals surface area contributed by atoms with E-state index < -0.39 is 11.8 Å². The summed E-state index contributed by atoms with van der Waals surface area (Å²) in [6, 6.07) is 3.70. The second kappa shape index (κ2) is 5.61. The van der Waals surface area contributed by atoms with Crippen molar-refractivity contribution >= 4 is 35.0 Å². The third-order valence-electron chi connectivity index (χ3n) is 2.21. The highest BCUT2D eigenvalue weighted by Crippen LogP contribution is 2.12. The number of carboxylic acid groups (broad SMARTS) is 1. The van der Waals surface area contributed by atoms with E-state index in [0.29, 0.717) is 5.17 Å². The largest absolute Gasteiger partial charge is 0.478 e. The van der Waals surface area contributed by atoms with Crippen LogP contribution in [0.15, 0.2) is 28.4 Å². The Morgan fingerprint density at radius 1 is 1.53 bits per heavy atom. The number of nitrogens with one attached hydrogen (secondary N) is 1. The molecule has 6 nitrogen and oxygen atoms in total. The molecule has 2 rings (SSSR count). The summed E-state index contributed by atoms with van der Waals surface area (Å²) in [6.07, 6.45) is 1.01. The summed E-state index contributed by atoms with van der Waals surface area (Å²) in [5.41, 5.74) is -0.360. The lowest BCUT2D eigenvalue weighted by Gasteiger charge is -2.00. The molecule has 1 aliphatic rings. The molecule has 1 fully saturated rings. The van der Waals surface area contributed by atoms with E-state index in [1.807, 2.05) is 0 Å². The lowest BCUT2D eigenvalue weighted by Crippen LogP contribution is -2.19. The van der Waals surface area contributed by atoms with Gasteiger partial charge in [-0.1, -0.05) is 17.8 Å². The molecule has 1 aromatic rings. The molecule has 19 heavy (non-hydrogen) atoms. The number of thioether (sulfide) groups is 1. The van der Waals surface area contributed by atoms with E-state index in [2.05, 4.69) is 15.5 Å². The number of carbonyl (C=O) groups excluding carboxylic acids is 1. The van der Waals surface area contributed by atoms with Crippen molar-refractivity contribution in [3.05, 3.63) is 35.1 Å². The van der Waals surface area contributed by atoms with Crippen LogP contribution in [0, 0.1) is 5.82 Å². The van der Waals surface area contributed by atoms with Gasteiger partial charge in [0.25, 0.3) is 0 Å². The van der Waals surface area contributed by atoms with Crippen LogP contribution in [0.25, 0.3) is 0 Å². The monoisotopic (exact) mass is 281 g/mol. The first-order valence-electron chi connectivity index (χ1n) is 5.13. The van der Waals surface area contributed by atoms with E-state index >= 15 is 0 Å². The molecule has 2 N–H and O–H groups in total. The summed E-state index contributed by atoms with van der Waals surface area (Å²) in [5.74, 6) is -1.88. The highest BCUT2D eigenvalue weighted by atomic mass is 32.2. The van der Waals surface area contributed by atoms with Gasteiger partial charge in [0.2, 0.25) is 5.91 Å². The molecule has 0 unspecified atom stereocenters. The Kier molecular flexibility index (Phi) is 3.91. The second-order valence-corrected chi connectivity index (χ2v) is 4.46. The first kappa shape index (κ1) is 13.2. The Labute approximate surface area is 111 Å². The van der Waals surface area contributed by atoms with Crippen LogP contribution in [0.4, 0.5) is 4.39 Å². The topological polar surface area (TPSA) is 91.1 Å². The number of benzene rings is 1. The molecule has 0 saturated carbocycles. The minimum atomic E-state index is -1.25. The Balaban J connectivity index is 2.23. The smallest absolute Gasteiger partial charge is 0.336 e. The molecule has 0 atom stereocenters. The molecule has 1 amide bonds. The minimum Gasteiger partial charge on any atom is -0.478 e. The van der Waals surface area contributed by atoms with Crippen LogP contribution in [0.5, 0.6) is 0 Å². The number of carbonyl (C=O) groups is 2. The van der Waals surface area contributed by atoms with Crippen LogP contribution in [0.1, 0.15) is 15.9 Å². The van der Waals surface area contributed by atoms with E-state index in [0.717, 1.165) is 12.3 Å². The first-order chi connectivity index (χ1) is 9.08. The zero-order valence-corrected chi connectivity index (χ0v) is 10.3. The van der Waals surface area contributed by atoms with Gasteiger partial charge in [-0.3, -0.25) is 4.79 Å². The minimum absolute atomic E-state index is 0.159. The zero-order chi connectivity index (χ0) is 13.8. The van der Waals surface area contributed by atoms with Crippen molar-refractivity contribution in [1.82, 2.24) is 5.32 Å². The summed E-state index contributed by atoms with van der Waals surface area (Å²) in [7, 11) is 0. The molecule has 8 heteroatoms. The Bertz CT molecular complexity index is 601. The van der Waals surface area contributed by atoms with Crippen molar-refractivity contribution in [2.75, 3.05) is 5.75 Å². The molecule has 1 heterocycles. The van der Waals surface area contributed by atoms with E-state index in [1.165, 1.54) is 23.9 Å². The van der Waals surface area contributed by atoms with Crippen molar-refractivity contribution in [2.45, 2.75) is 0 Å². The quantitative estimate of drug-likeness (QED) is 0.640. The first-order valence-corrected chi connectivity index (χ1v) is 6.12. The third-order valence-corrected chi connectivity index (χ3v) is 3.07. The number of hydrogen-bond donors (Lipinski definition) is 2. The van der Waals surface area contributed by atoms with Crippen molar-refractivity contribution in [3.63, 3.8) is 0 Å². The van der Waals surface area contributed by atoms with Gasteiger partial charge in [0.05, 0.1) is 17.5 Å². The summed E-state index contributed by atoms with van der Waals surface area (Å²) >= 11 is 1.17. The molecule has 0 spiro atoms. The van der Waals surface area contributed by atoms with Crippen LogP contribution >= 0.6 is 11.8 Å². The van der Waals surface area contributed by atoms with Gasteiger partial charge < -0.3 is 10.4 Å². The number of amides is 1. The maximum absolute atomic E-state index is 13.5. The predicted octanol–water partition coefficient (Wildman–Crippen LogP) is 1.08. The van der Waals surface area contributed by atoms with Crippen molar-refractivity contribution < 1.29 is 19.1 Å². The molecule has 0 radical (unpaired) electrons. The van der Waals surface area contributed by atoms with Crippen LogP contribution in [-0.2, 0) is 4.79 Å². The van der Waals surface area contributed by atoms with Crippen molar-refractivity contribution in [2.24, 2.45) is 10.2 Å². The average molecular weight is 281 g/mol. The van der Waals surface area contributed by atoms with Crippen LogP contribution in [0.3, 0.4) is 0 Å². The fourth-order valence-electron chi connectivity index (χ4n) is 1.37. The fraction of sp³-hybridized carbons (Fsp3) is 0.0909. The van der Waals surface area contributed by atoms with Gasteiger partial charge in [-0.2, -0.15) is 5.10 Å². The van der Waals surface area contributed by atoms with E-state index in [9.17, 15) is 14.0 Å². The van der Waals surface area contributed by atoms with E-state index in [1.54, 1.807) is 0 Å². The Morgan fingerprint density at radius 2 is 2.32 bits per heavy atom. The van der Waals surface area contributed by atoms with Gasteiger partial charge in [0, 0.05) is 5.56 Å². The van der Waals surface area contributed by atoms with Crippen molar-refractivity contribution in [3.8, 4) is 0 Å². The number of halogens is 1. The number of aromatic carboxylic acids is 1. The van der Waals surface area contributed by atoms with Gasteiger partial charge in [-0.25, -0.2) is 9.18 Å². The highest BCUT2D eigenvalue weighted by molar-refractivity contribution is 8.15. The number of carboxylic acids is 1. The van der Waals surface area contributed by atoms with Crippen LogP contribution in [0.2, 0.25) is 0 Å². The maximum Gasteiger partial charge on any atom is 0.336 e. The molecule has 1 aliphatic heterocycles. The normalized spacial score (nSPS) is 17.1. The van der Waals surface area contributed by atoms with Crippen LogP contribution in [-0.4, -0.2) is 34.1 Å². The second-order valence-electron chi connectivity index (χ2n) is 3.49. The molecule has 0 bridgehead atoms. The SMILES string of the molecule is O=C1CSC(=NN=Cc2c(F)cccc2C(=O)O)N1. The predicted molar refractivity (Wildman–Crippen MR) is 69.0 cm³/mol. The van der Waals surface area contributed by atoms with Gasteiger partial charge in [-0.05, 0) is 12.1 Å². The summed E-state index contributed by atoms with van der Waals surface area (Å²) in [5, 5.41) is 18.9. The molecular weight excluding hydrogens is 273 g/mol. The van der Waals surface area contributed by atoms with Gasteiger partial charge in [0.15, 0.2) is 5.17 Å². The summed E-state index contributed by atoms with van der Waals surface area (Å²) in [4.78, 5) is 21.8. The Morgan fingerprint density at radius 3 is 2.95 bits per heavy atom. The molecular formula is C11H8FN3O3S. The average Bonchev–Trinajstić information content (AvgIpc) is 2.77. The standard InChI is InChI=1S/C11H8FN3O3S/c12-8-3-1-2-6(10(17)18)7(8)4-13-15-11-14-9(16)5-19-11/h1-4H,5H2,(H,17,18)(H,14,15,16). The summed E-state index contributed by atoms with van der Waals surface area (Å²) in [6.45, 7) is 0. The molecule has 0 aromatic heterocycles. The lowest BCUT2D eigenvalue weighted by molar-refractivity contribution is -0.116. The molecule has 0 aliphatic carbocycles. The summed E-state index contributed by atoms with van der Waals surface area (Å²) < 4.78 is 13.5. The van der Waals surface area contributed by atoms with Gasteiger partial charge in [-0.15, -0.1) is 5.10 Å². The van der Waals surface area contributed by atoms with E-state index in [4.69, 9.17) is 5.11 Å². The van der Waals surface area contributed by atoms with Gasteiger partial charge >= 0.3 is 5.97 Å². The Hall–Kier alpha value is -2.22. The lowest BCUT2D eigenvalue weighted by atomic mass is 10.1. The van der Waals surface area contributed by atoms with Crippen molar-refractivity contribution in [1.29, 1.82) is 0 Å². The van der Waals surface area contributed by atoms with Gasteiger partial charge in [0.1, 0.15) is 5.82 Å². The molecule has 98 valence electrons. The molecule has 1 aromatic carbocycles. The number of nitrogens with zero attached hydrogens (tertiary/aromatic N) is 2. The maximum atomic E-state index is 13.5. The number of rotatable bonds is 3. The number of amidine groups is 1. The third kappa shape index (κ3) is 3.16. The molecule has 1 saturated heterocycles. The van der Waals surface area contributed by atoms with Crippen LogP contribution < -0.4 is 5.32 Å². The zero-order valence-electron chi connectivity index (χ0n) is 9.46. The fourth-order valence-corrected chi connectivity index (χ4v) is 2.00.